The quantitative estimate of drug-likeness (QED) is 0.818. The zero-order valence-corrected chi connectivity index (χ0v) is 13.3. The van der Waals surface area contributed by atoms with Crippen molar-refractivity contribution in [2.45, 2.75) is 39.3 Å². The number of carbonyl (C=O) groups is 1. The van der Waals surface area contributed by atoms with Gasteiger partial charge in [-0.3, -0.25) is 0 Å². The highest BCUT2D eigenvalue weighted by atomic mass is 35.5. The van der Waals surface area contributed by atoms with E-state index in [2.05, 4.69) is 0 Å². The molecule has 0 fully saturated rings. The first kappa shape index (κ1) is 17.1. The van der Waals surface area contributed by atoms with Gasteiger partial charge < -0.3 is 15.2 Å². The lowest BCUT2D eigenvalue weighted by Crippen LogP contribution is -2.21. The van der Waals surface area contributed by atoms with E-state index < -0.39 is 5.97 Å². The fraction of sp³-hybridized carbons (Fsp3) is 0.500. The topological polar surface area (TPSA) is 61.5 Å². The van der Waals surface area contributed by atoms with Crippen LogP contribution in [-0.2, 0) is 16.0 Å². The van der Waals surface area contributed by atoms with Crippen LogP contribution in [0.25, 0.3) is 0 Å². The highest BCUT2D eigenvalue weighted by Gasteiger charge is 2.15. The molecule has 0 aliphatic carbocycles. The summed E-state index contributed by atoms with van der Waals surface area (Å²) in [5, 5.41) is 0.855. The van der Waals surface area contributed by atoms with E-state index in [0.29, 0.717) is 22.2 Å². The Morgan fingerprint density at radius 1 is 1.30 bits per heavy atom. The van der Waals surface area contributed by atoms with Crippen LogP contribution in [0.4, 0.5) is 0 Å². The lowest BCUT2D eigenvalue weighted by molar-refractivity contribution is -0.149. The van der Waals surface area contributed by atoms with Crippen LogP contribution in [0.3, 0.4) is 0 Å². The fourth-order valence-electron chi connectivity index (χ4n) is 1.70. The van der Waals surface area contributed by atoms with Gasteiger partial charge in [0.1, 0.15) is 5.75 Å². The van der Waals surface area contributed by atoms with Gasteiger partial charge in [-0.25, -0.2) is 4.79 Å². The predicted molar refractivity (Wildman–Crippen MR) is 80.5 cm³/mol. The van der Waals surface area contributed by atoms with Crippen LogP contribution < -0.4 is 10.5 Å². The number of hydrogen-bond donors (Lipinski definition) is 1. The van der Waals surface area contributed by atoms with Crippen molar-refractivity contribution in [3.8, 4) is 5.75 Å². The van der Waals surface area contributed by atoms with Crippen LogP contribution in [0, 0.1) is 0 Å². The molecule has 1 unspecified atom stereocenters. The molecule has 0 saturated heterocycles. The van der Waals surface area contributed by atoms with E-state index in [4.69, 9.17) is 38.4 Å². The fourth-order valence-corrected chi connectivity index (χ4v) is 2.29. The second-order valence-corrected chi connectivity index (χ2v) is 5.73. The number of benzene rings is 1. The summed E-state index contributed by atoms with van der Waals surface area (Å²) in [6.45, 7) is 5.21. The van der Waals surface area contributed by atoms with Gasteiger partial charge in [0.25, 0.3) is 0 Å². The summed E-state index contributed by atoms with van der Waals surface area (Å²) >= 11 is 12.1. The lowest BCUT2D eigenvalue weighted by atomic mass is 10.1. The average Bonchev–Trinajstić information content (AvgIpc) is 2.25. The molecule has 0 aliphatic rings. The molecular weight excluding hydrogens is 301 g/mol. The Balaban J connectivity index is 2.84. The summed E-state index contributed by atoms with van der Waals surface area (Å²) in [4.78, 5) is 11.5. The van der Waals surface area contributed by atoms with Crippen LogP contribution in [0.2, 0.25) is 10.0 Å². The van der Waals surface area contributed by atoms with E-state index in [1.807, 2.05) is 6.92 Å². The Labute approximate surface area is 129 Å². The highest BCUT2D eigenvalue weighted by molar-refractivity contribution is 6.35. The number of nitrogens with two attached hydrogens (primary N) is 1. The molecule has 1 aromatic rings. The summed E-state index contributed by atoms with van der Waals surface area (Å²) in [5.41, 5.74) is 6.55. The summed E-state index contributed by atoms with van der Waals surface area (Å²) in [7, 11) is 0. The number of halogens is 2. The summed E-state index contributed by atoms with van der Waals surface area (Å²) < 4.78 is 10.5. The van der Waals surface area contributed by atoms with Crippen LogP contribution in [0.5, 0.6) is 5.75 Å². The number of rotatable bonds is 6. The molecule has 0 radical (unpaired) electrons. The summed E-state index contributed by atoms with van der Waals surface area (Å²) in [6.07, 6.45) is 0.366. The van der Waals surface area contributed by atoms with Crippen LogP contribution in [0.15, 0.2) is 12.1 Å². The smallest absolute Gasteiger partial charge is 0.344 e. The van der Waals surface area contributed by atoms with Crippen molar-refractivity contribution in [2.24, 2.45) is 5.73 Å². The maximum atomic E-state index is 11.5. The summed E-state index contributed by atoms with van der Waals surface area (Å²) in [6, 6.07) is 3.23. The van der Waals surface area contributed by atoms with E-state index in [1.165, 1.54) is 0 Å². The number of carbonyl (C=O) groups excluding carboxylic acids is 1. The Morgan fingerprint density at radius 2 is 1.95 bits per heavy atom. The zero-order chi connectivity index (χ0) is 15.3. The number of ether oxygens (including phenoxy) is 2. The van der Waals surface area contributed by atoms with Crippen LogP contribution >= 0.6 is 23.2 Å². The van der Waals surface area contributed by atoms with E-state index in [0.717, 1.165) is 5.56 Å². The largest absolute Gasteiger partial charge is 0.480 e. The molecule has 0 saturated carbocycles. The average molecular weight is 320 g/mol. The molecule has 0 amide bonds. The zero-order valence-electron chi connectivity index (χ0n) is 11.8. The molecule has 6 heteroatoms. The van der Waals surface area contributed by atoms with Crippen molar-refractivity contribution < 1.29 is 14.3 Å². The predicted octanol–water partition coefficient (Wildman–Crippen LogP) is 3.21. The van der Waals surface area contributed by atoms with Crippen molar-refractivity contribution in [1.82, 2.24) is 0 Å². The lowest BCUT2D eigenvalue weighted by Gasteiger charge is -2.15. The van der Waals surface area contributed by atoms with Gasteiger partial charge in [0, 0.05) is 11.1 Å². The van der Waals surface area contributed by atoms with E-state index in [1.54, 1.807) is 26.0 Å². The van der Waals surface area contributed by atoms with Crippen LogP contribution in [0.1, 0.15) is 26.3 Å². The summed E-state index contributed by atoms with van der Waals surface area (Å²) in [5.74, 6) is -0.0214. The molecule has 1 atom stereocenters. The van der Waals surface area contributed by atoms with Crippen molar-refractivity contribution in [3.05, 3.63) is 27.7 Å². The molecule has 0 heterocycles. The van der Waals surface area contributed by atoms with E-state index >= 15 is 0 Å². The Hall–Kier alpha value is -0.970. The van der Waals surface area contributed by atoms with Gasteiger partial charge in [-0.2, -0.15) is 0 Å². The third-order valence-electron chi connectivity index (χ3n) is 2.33. The van der Waals surface area contributed by atoms with Crippen molar-refractivity contribution in [2.75, 3.05) is 6.61 Å². The molecule has 4 nitrogen and oxygen atoms in total. The monoisotopic (exact) mass is 319 g/mol. The van der Waals surface area contributed by atoms with E-state index in [9.17, 15) is 4.79 Å². The van der Waals surface area contributed by atoms with Gasteiger partial charge in [0.2, 0.25) is 0 Å². The Kier molecular flexibility index (Phi) is 6.59. The SMILES string of the molecule is CC(N)Cc1cc(Cl)cc(Cl)c1OCC(=O)OC(C)C. The standard InChI is InChI=1S/C14H19Cl2NO3/c1-8(2)20-13(18)7-19-14-10(4-9(3)17)5-11(15)6-12(14)16/h5-6,8-9H,4,7,17H2,1-3H3. The van der Waals surface area contributed by atoms with E-state index in [-0.39, 0.29) is 18.8 Å². The molecule has 0 aliphatic heterocycles. The molecule has 1 rings (SSSR count). The van der Waals surface area contributed by atoms with Crippen molar-refractivity contribution in [1.29, 1.82) is 0 Å². The first-order valence-electron chi connectivity index (χ1n) is 6.35. The molecule has 2 N–H and O–H groups in total. The minimum Gasteiger partial charge on any atom is -0.480 e. The molecule has 0 aromatic heterocycles. The van der Waals surface area contributed by atoms with Gasteiger partial charge in [-0.05, 0) is 44.9 Å². The van der Waals surface area contributed by atoms with Gasteiger partial charge >= 0.3 is 5.97 Å². The first-order valence-corrected chi connectivity index (χ1v) is 7.11. The Morgan fingerprint density at radius 3 is 2.50 bits per heavy atom. The minimum atomic E-state index is -0.447. The van der Waals surface area contributed by atoms with Gasteiger partial charge in [0.05, 0.1) is 11.1 Å². The second-order valence-electron chi connectivity index (χ2n) is 4.88. The maximum absolute atomic E-state index is 11.5. The van der Waals surface area contributed by atoms with Crippen LogP contribution in [-0.4, -0.2) is 24.7 Å². The normalized spacial score (nSPS) is 12.3. The third kappa shape index (κ3) is 5.57. The maximum Gasteiger partial charge on any atom is 0.344 e. The Bertz CT molecular complexity index is 476. The molecule has 20 heavy (non-hydrogen) atoms. The number of hydrogen-bond acceptors (Lipinski definition) is 4. The van der Waals surface area contributed by atoms with Gasteiger partial charge in [0.15, 0.2) is 6.61 Å². The molecule has 1 aromatic carbocycles. The van der Waals surface area contributed by atoms with Crippen molar-refractivity contribution in [3.63, 3.8) is 0 Å². The molecule has 0 spiro atoms. The molecule has 112 valence electrons. The molecular formula is C14H19Cl2NO3. The van der Waals surface area contributed by atoms with Crippen molar-refractivity contribution >= 4 is 29.2 Å². The first-order chi connectivity index (χ1) is 9.29. The third-order valence-corrected chi connectivity index (χ3v) is 2.83. The van der Waals surface area contributed by atoms with Gasteiger partial charge in [-0.15, -0.1) is 0 Å². The second kappa shape index (κ2) is 7.72. The minimum absolute atomic E-state index is 0.0745. The highest BCUT2D eigenvalue weighted by Crippen LogP contribution is 2.33. The van der Waals surface area contributed by atoms with Gasteiger partial charge in [-0.1, -0.05) is 23.2 Å². The molecule has 0 bridgehead atoms. The number of esters is 1.